The fourth-order valence-electron chi connectivity index (χ4n) is 4.68. The van der Waals surface area contributed by atoms with Crippen LogP contribution in [-0.2, 0) is 12.8 Å². The van der Waals surface area contributed by atoms with Crippen LogP contribution in [0, 0.1) is 0 Å². The lowest BCUT2D eigenvalue weighted by Gasteiger charge is -2.35. The molecule has 0 unspecified atom stereocenters. The molecule has 0 spiro atoms. The molecule has 0 radical (unpaired) electrons. The molecule has 0 bridgehead atoms. The lowest BCUT2D eigenvalue weighted by atomic mass is 9.86. The lowest BCUT2D eigenvalue weighted by Crippen LogP contribution is -2.40. The Hall–Kier alpha value is -3.06. The summed E-state index contributed by atoms with van der Waals surface area (Å²) < 4.78 is 7.67. The highest BCUT2D eigenvalue weighted by atomic mass is 16.5. The molecule has 0 fully saturated rings. The van der Waals surface area contributed by atoms with Gasteiger partial charge in [-0.25, -0.2) is 4.52 Å². The largest absolute Gasteiger partial charge is 0.508 e. The number of rotatable bonds is 10. The number of ether oxygens (including phenoxy) is 1. The van der Waals surface area contributed by atoms with E-state index < -0.39 is 0 Å². The number of nitrogens with zero attached hydrogens (tertiary/aromatic N) is 4. The second kappa shape index (κ2) is 10.5. The third-order valence-electron chi connectivity index (χ3n) is 6.28. The van der Waals surface area contributed by atoms with E-state index >= 15 is 0 Å². The SMILES string of the molecule is CCCN(CCCCOc1ccc2c(/C=N/O)cnn2c1)[C@H]1CCc2c(O)cccc2C1. The van der Waals surface area contributed by atoms with Gasteiger partial charge in [0, 0.05) is 11.6 Å². The van der Waals surface area contributed by atoms with E-state index in [0.717, 1.165) is 74.0 Å². The van der Waals surface area contributed by atoms with Crippen LogP contribution in [0.15, 0.2) is 47.9 Å². The molecule has 1 aromatic carbocycles. The Morgan fingerprint density at radius 3 is 3.00 bits per heavy atom. The van der Waals surface area contributed by atoms with Crippen LogP contribution < -0.4 is 4.74 Å². The molecule has 3 aromatic rings. The van der Waals surface area contributed by atoms with Gasteiger partial charge in [-0.05, 0) is 80.9 Å². The summed E-state index contributed by atoms with van der Waals surface area (Å²) in [6, 6.07) is 10.3. The Balaban J connectivity index is 1.26. The van der Waals surface area contributed by atoms with Crippen molar-refractivity contribution < 1.29 is 15.1 Å². The van der Waals surface area contributed by atoms with E-state index in [4.69, 9.17) is 9.94 Å². The van der Waals surface area contributed by atoms with Crippen molar-refractivity contribution in [2.45, 2.75) is 51.5 Å². The maximum atomic E-state index is 10.1. The standard InChI is InChI=1S/C25H32N4O3/c1-2-12-28(21-8-10-23-19(15-21)6-5-7-25(23)30)13-3-4-14-32-22-9-11-24-20(17-27-31)16-26-29(24)18-22/h5-7,9,11,16-18,21,30-31H,2-4,8,10,12-15H2,1H3/b27-17+/t21-/m0/s1. The number of phenolic OH excluding ortho intramolecular Hbond substituents is 1. The van der Waals surface area contributed by atoms with Crippen LogP contribution >= 0.6 is 0 Å². The van der Waals surface area contributed by atoms with Crippen LogP contribution in [0.2, 0.25) is 0 Å². The Bertz CT molecular complexity index is 1060. The van der Waals surface area contributed by atoms with Crippen molar-refractivity contribution in [1.29, 1.82) is 0 Å². The van der Waals surface area contributed by atoms with Gasteiger partial charge in [0.2, 0.25) is 0 Å². The maximum Gasteiger partial charge on any atom is 0.137 e. The average Bonchev–Trinajstić information content (AvgIpc) is 3.20. The van der Waals surface area contributed by atoms with Gasteiger partial charge in [0.15, 0.2) is 0 Å². The summed E-state index contributed by atoms with van der Waals surface area (Å²) in [6.45, 7) is 5.08. The minimum Gasteiger partial charge on any atom is -0.508 e. The van der Waals surface area contributed by atoms with Crippen molar-refractivity contribution in [1.82, 2.24) is 14.5 Å². The monoisotopic (exact) mass is 436 g/mol. The van der Waals surface area contributed by atoms with E-state index in [1.54, 1.807) is 16.8 Å². The molecular weight excluding hydrogens is 404 g/mol. The predicted octanol–water partition coefficient (Wildman–Crippen LogP) is 4.28. The first-order valence-electron chi connectivity index (χ1n) is 11.5. The van der Waals surface area contributed by atoms with Crippen molar-refractivity contribution in [3.05, 3.63) is 59.4 Å². The van der Waals surface area contributed by atoms with Crippen molar-refractivity contribution in [3.8, 4) is 11.5 Å². The van der Waals surface area contributed by atoms with E-state index in [2.05, 4.69) is 28.1 Å². The Morgan fingerprint density at radius 2 is 2.16 bits per heavy atom. The van der Waals surface area contributed by atoms with E-state index in [9.17, 15) is 5.11 Å². The average molecular weight is 437 g/mol. The smallest absolute Gasteiger partial charge is 0.137 e. The molecule has 7 heteroatoms. The van der Waals surface area contributed by atoms with Gasteiger partial charge in [0.25, 0.3) is 0 Å². The van der Waals surface area contributed by atoms with Crippen LogP contribution in [-0.4, -0.2) is 56.8 Å². The van der Waals surface area contributed by atoms with Gasteiger partial charge in [0.05, 0.1) is 30.7 Å². The Morgan fingerprint density at radius 1 is 1.25 bits per heavy atom. The van der Waals surface area contributed by atoms with Crippen molar-refractivity contribution in [3.63, 3.8) is 0 Å². The molecule has 0 aliphatic heterocycles. The van der Waals surface area contributed by atoms with E-state index in [1.165, 1.54) is 11.8 Å². The van der Waals surface area contributed by atoms with E-state index in [1.807, 2.05) is 24.4 Å². The van der Waals surface area contributed by atoms with Gasteiger partial charge in [0.1, 0.15) is 11.5 Å². The summed E-state index contributed by atoms with van der Waals surface area (Å²) >= 11 is 0. The Labute approximate surface area is 188 Å². The lowest BCUT2D eigenvalue weighted by molar-refractivity contribution is 0.171. The number of aromatic hydroxyl groups is 1. The number of fused-ring (bicyclic) bond motifs is 2. The van der Waals surface area contributed by atoms with Gasteiger partial charge < -0.3 is 20.0 Å². The molecule has 1 aliphatic carbocycles. The zero-order valence-corrected chi connectivity index (χ0v) is 18.7. The molecular formula is C25H32N4O3. The van der Waals surface area contributed by atoms with Crippen LogP contribution in [0.5, 0.6) is 11.5 Å². The van der Waals surface area contributed by atoms with Crippen molar-refractivity contribution >= 4 is 11.7 Å². The second-order valence-electron chi connectivity index (χ2n) is 8.44. The minimum absolute atomic E-state index is 0.450. The molecule has 32 heavy (non-hydrogen) atoms. The zero-order valence-electron chi connectivity index (χ0n) is 18.7. The summed E-state index contributed by atoms with van der Waals surface area (Å²) in [5, 5.41) is 26.2. The van der Waals surface area contributed by atoms with E-state index in [-0.39, 0.29) is 0 Å². The molecule has 2 aromatic heterocycles. The number of hydrogen-bond acceptors (Lipinski definition) is 6. The van der Waals surface area contributed by atoms with Crippen LogP contribution in [0.4, 0.5) is 0 Å². The molecule has 0 saturated heterocycles. The van der Waals surface area contributed by atoms with Crippen molar-refractivity contribution in [2.75, 3.05) is 19.7 Å². The minimum atomic E-state index is 0.450. The van der Waals surface area contributed by atoms with Gasteiger partial charge in [-0.15, -0.1) is 0 Å². The third-order valence-corrected chi connectivity index (χ3v) is 6.28. The summed E-state index contributed by atoms with van der Waals surface area (Å²) in [5.74, 6) is 1.23. The topological polar surface area (TPSA) is 82.6 Å². The first-order valence-corrected chi connectivity index (χ1v) is 11.5. The Kier molecular flexibility index (Phi) is 7.27. The maximum absolute atomic E-state index is 10.1. The molecule has 170 valence electrons. The highest BCUT2D eigenvalue weighted by Crippen LogP contribution is 2.30. The molecule has 4 rings (SSSR count). The fourth-order valence-corrected chi connectivity index (χ4v) is 4.68. The number of phenols is 1. The summed E-state index contributed by atoms with van der Waals surface area (Å²) in [4.78, 5) is 2.62. The number of unbranched alkanes of at least 4 members (excludes halogenated alkanes) is 1. The molecule has 0 saturated carbocycles. The predicted molar refractivity (Wildman–Crippen MR) is 125 cm³/mol. The van der Waals surface area contributed by atoms with Crippen LogP contribution in [0.25, 0.3) is 5.52 Å². The first-order chi connectivity index (χ1) is 15.7. The van der Waals surface area contributed by atoms with E-state index in [0.29, 0.717) is 18.4 Å². The van der Waals surface area contributed by atoms with Gasteiger partial charge in [-0.3, -0.25) is 0 Å². The quantitative estimate of drug-likeness (QED) is 0.215. The number of hydrogen-bond donors (Lipinski definition) is 2. The highest BCUT2D eigenvalue weighted by Gasteiger charge is 2.25. The molecule has 0 amide bonds. The van der Waals surface area contributed by atoms with Gasteiger partial charge in [-0.2, -0.15) is 5.10 Å². The highest BCUT2D eigenvalue weighted by molar-refractivity contribution is 5.88. The molecule has 7 nitrogen and oxygen atoms in total. The summed E-state index contributed by atoms with van der Waals surface area (Å²) in [6.07, 6.45) is 11.2. The van der Waals surface area contributed by atoms with Gasteiger partial charge >= 0.3 is 0 Å². The van der Waals surface area contributed by atoms with Crippen LogP contribution in [0.1, 0.15) is 49.3 Å². The molecule has 2 heterocycles. The van der Waals surface area contributed by atoms with Crippen LogP contribution in [0.3, 0.4) is 0 Å². The number of aromatic nitrogens is 2. The first kappa shape index (κ1) is 22.1. The number of benzene rings is 1. The molecule has 1 atom stereocenters. The number of oxime groups is 1. The normalized spacial score (nSPS) is 16.1. The van der Waals surface area contributed by atoms with Gasteiger partial charge in [-0.1, -0.05) is 24.2 Å². The fraction of sp³-hybridized carbons (Fsp3) is 0.440. The summed E-state index contributed by atoms with van der Waals surface area (Å²) in [7, 11) is 0. The number of pyridine rings is 1. The van der Waals surface area contributed by atoms with Crippen molar-refractivity contribution in [2.24, 2.45) is 5.16 Å². The zero-order chi connectivity index (χ0) is 22.3. The molecule has 2 N–H and O–H groups in total. The molecule has 1 aliphatic rings. The second-order valence-corrected chi connectivity index (χ2v) is 8.44. The third kappa shape index (κ3) is 5.05. The summed E-state index contributed by atoms with van der Waals surface area (Å²) in [5.41, 5.74) is 4.06.